The summed E-state index contributed by atoms with van der Waals surface area (Å²) in [7, 11) is 0. The number of nitrogens with two attached hydrogens (primary N) is 1. The van der Waals surface area contributed by atoms with E-state index in [2.05, 4.69) is 36.1 Å². The fourth-order valence-electron chi connectivity index (χ4n) is 1.14. The number of carbonyl (C=O) groups is 1. The van der Waals surface area contributed by atoms with Crippen LogP contribution < -0.4 is 5.73 Å². The number of rotatable bonds is 1. The molecular formula is C13H21NO. The summed E-state index contributed by atoms with van der Waals surface area (Å²) >= 11 is 0. The van der Waals surface area contributed by atoms with Gasteiger partial charge in [-0.2, -0.15) is 0 Å². The lowest BCUT2D eigenvalue weighted by Crippen LogP contribution is -2.01. The largest absolute Gasteiger partial charge is 0.370 e. The summed E-state index contributed by atoms with van der Waals surface area (Å²) in [5.41, 5.74) is 6.00. The van der Waals surface area contributed by atoms with Crippen molar-refractivity contribution < 1.29 is 4.79 Å². The zero-order chi connectivity index (χ0) is 11.7. The van der Waals surface area contributed by atoms with E-state index >= 15 is 0 Å². The van der Waals surface area contributed by atoms with Gasteiger partial charge in [-0.05, 0) is 24.3 Å². The van der Waals surface area contributed by atoms with Crippen molar-refractivity contribution >= 4 is 5.91 Å². The van der Waals surface area contributed by atoms with Crippen LogP contribution in [0, 0.1) is 0 Å². The molecular weight excluding hydrogens is 186 g/mol. The maximum Gasteiger partial charge on any atom is 0.214 e. The molecule has 1 aromatic carbocycles. The first-order valence-electron chi connectivity index (χ1n) is 5.51. The van der Waals surface area contributed by atoms with E-state index in [1.54, 1.807) is 0 Å². The maximum atomic E-state index is 9.22. The Labute approximate surface area is 92.5 Å². The molecule has 1 aliphatic carbocycles. The molecule has 2 rings (SSSR count). The van der Waals surface area contributed by atoms with E-state index in [1.165, 1.54) is 25.3 Å². The molecule has 0 heterocycles. The summed E-state index contributed by atoms with van der Waals surface area (Å²) in [6.45, 7) is 5.31. The molecule has 1 saturated carbocycles. The Morgan fingerprint density at radius 3 is 1.93 bits per heavy atom. The van der Waals surface area contributed by atoms with Crippen LogP contribution in [0.1, 0.15) is 45.1 Å². The zero-order valence-corrected chi connectivity index (χ0v) is 9.86. The molecule has 0 atom stereocenters. The molecule has 1 amide bonds. The number of amides is 1. The molecule has 0 radical (unpaired) electrons. The van der Waals surface area contributed by atoms with Crippen LogP contribution in [0.3, 0.4) is 0 Å². The van der Waals surface area contributed by atoms with Gasteiger partial charge in [-0.25, -0.2) is 0 Å². The first kappa shape index (κ1) is 13.7. The first-order valence-corrected chi connectivity index (χ1v) is 5.51. The van der Waals surface area contributed by atoms with Crippen LogP contribution in [-0.2, 0) is 4.79 Å². The minimum absolute atomic E-state index is 0.333. The SMILES string of the molecule is CC.CC(N)=O.c1ccc(C2CC2)cc1. The molecule has 15 heavy (non-hydrogen) atoms. The molecule has 2 N–H and O–H groups in total. The zero-order valence-electron chi connectivity index (χ0n) is 9.86. The molecule has 0 aromatic heterocycles. The highest BCUT2D eigenvalue weighted by atomic mass is 16.1. The van der Waals surface area contributed by atoms with Crippen LogP contribution in [0.25, 0.3) is 0 Å². The fraction of sp³-hybridized carbons (Fsp3) is 0.462. The van der Waals surface area contributed by atoms with Gasteiger partial charge in [0.2, 0.25) is 5.91 Å². The summed E-state index contributed by atoms with van der Waals surface area (Å²) in [6, 6.07) is 10.8. The van der Waals surface area contributed by atoms with Crippen molar-refractivity contribution in [2.45, 2.75) is 39.5 Å². The van der Waals surface area contributed by atoms with Gasteiger partial charge in [0.25, 0.3) is 0 Å². The summed E-state index contributed by atoms with van der Waals surface area (Å²) in [4.78, 5) is 9.22. The lowest BCUT2D eigenvalue weighted by molar-refractivity contribution is -0.115. The summed E-state index contributed by atoms with van der Waals surface area (Å²) in [5, 5.41) is 0. The Balaban J connectivity index is 0.000000282. The van der Waals surface area contributed by atoms with Crippen LogP contribution in [0.5, 0.6) is 0 Å². The second-order valence-electron chi connectivity index (χ2n) is 3.30. The van der Waals surface area contributed by atoms with E-state index in [1.807, 2.05) is 13.8 Å². The Kier molecular flexibility index (Phi) is 7.33. The molecule has 0 bridgehead atoms. The predicted molar refractivity (Wildman–Crippen MR) is 64.6 cm³/mol. The molecule has 0 saturated heterocycles. The lowest BCUT2D eigenvalue weighted by Gasteiger charge is -1.92. The van der Waals surface area contributed by atoms with E-state index in [9.17, 15) is 4.79 Å². The Hall–Kier alpha value is -1.31. The van der Waals surface area contributed by atoms with Gasteiger partial charge in [-0.3, -0.25) is 4.79 Å². The second-order valence-corrected chi connectivity index (χ2v) is 3.30. The minimum atomic E-state index is -0.333. The van der Waals surface area contributed by atoms with Crippen LogP contribution in [0.2, 0.25) is 0 Å². The molecule has 0 aliphatic heterocycles. The van der Waals surface area contributed by atoms with Crippen LogP contribution in [0.4, 0.5) is 0 Å². The smallest absolute Gasteiger partial charge is 0.214 e. The molecule has 84 valence electrons. The Morgan fingerprint density at radius 2 is 1.60 bits per heavy atom. The number of benzene rings is 1. The number of carbonyl (C=O) groups excluding carboxylic acids is 1. The van der Waals surface area contributed by atoms with E-state index in [4.69, 9.17) is 0 Å². The summed E-state index contributed by atoms with van der Waals surface area (Å²) < 4.78 is 0. The third-order valence-corrected chi connectivity index (χ3v) is 1.85. The highest BCUT2D eigenvalue weighted by Crippen LogP contribution is 2.39. The fourth-order valence-corrected chi connectivity index (χ4v) is 1.14. The number of hydrogen-bond donors (Lipinski definition) is 1. The van der Waals surface area contributed by atoms with Crippen molar-refractivity contribution in [1.82, 2.24) is 0 Å². The second kappa shape index (κ2) is 8.04. The average Bonchev–Trinajstić information content (AvgIpc) is 3.05. The topological polar surface area (TPSA) is 43.1 Å². The molecule has 1 aliphatic rings. The van der Waals surface area contributed by atoms with Gasteiger partial charge in [0, 0.05) is 6.92 Å². The Bertz CT molecular complexity index is 261. The lowest BCUT2D eigenvalue weighted by atomic mass is 10.1. The number of hydrogen-bond acceptors (Lipinski definition) is 1. The monoisotopic (exact) mass is 207 g/mol. The van der Waals surface area contributed by atoms with Gasteiger partial charge in [-0.1, -0.05) is 44.2 Å². The van der Waals surface area contributed by atoms with Crippen molar-refractivity contribution in [3.8, 4) is 0 Å². The van der Waals surface area contributed by atoms with Crippen molar-refractivity contribution in [2.75, 3.05) is 0 Å². The van der Waals surface area contributed by atoms with Gasteiger partial charge in [0.15, 0.2) is 0 Å². The Morgan fingerprint density at radius 1 is 1.20 bits per heavy atom. The third-order valence-electron chi connectivity index (χ3n) is 1.85. The first-order chi connectivity index (χ1) is 7.20. The highest BCUT2D eigenvalue weighted by Gasteiger charge is 2.22. The normalized spacial score (nSPS) is 12.7. The van der Waals surface area contributed by atoms with Gasteiger partial charge in [-0.15, -0.1) is 0 Å². The van der Waals surface area contributed by atoms with Crippen molar-refractivity contribution in [3.05, 3.63) is 35.9 Å². The van der Waals surface area contributed by atoms with Crippen LogP contribution in [0.15, 0.2) is 30.3 Å². The number of primary amides is 1. The maximum absolute atomic E-state index is 9.22. The summed E-state index contributed by atoms with van der Waals surface area (Å²) in [6.07, 6.45) is 2.81. The molecule has 1 fully saturated rings. The van der Waals surface area contributed by atoms with Crippen molar-refractivity contribution in [3.63, 3.8) is 0 Å². The van der Waals surface area contributed by atoms with E-state index in [0.717, 1.165) is 5.92 Å². The van der Waals surface area contributed by atoms with Gasteiger partial charge < -0.3 is 5.73 Å². The molecule has 2 nitrogen and oxygen atoms in total. The molecule has 1 aromatic rings. The van der Waals surface area contributed by atoms with E-state index in [-0.39, 0.29) is 5.91 Å². The van der Waals surface area contributed by atoms with Crippen molar-refractivity contribution in [2.24, 2.45) is 5.73 Å². The molecule has 0 spiro atoms. The van der Waals surface area contributed by atoms with E-state index in [0.29, 0.717) is 0 Å². The predicted octanol–water partition coefficient (Wildman–Crippen LogP) is 3.08. The third kappa shape index (κ3) is 7.74. The molecule has 0 unspecified atom stereocenters. The van der Waals surface area contributed by atoms with E-state index < -0.39 is 0 Å². The average molecular weight is 207 g/mol. The van der Waals surface area contributed by atoms with Gasteiger partial charge in [0.05, 0.1) is 0 Å². The van der Waals surface area contributed by atoms with Crippen molar-refractivity contribution in [1.29, 1.82) is 0 Å². The highest BCUT2D eigenvalue weighted by molar-refractivity contribution is 5.70. The van der Waals surface area contributed by atoms with Gasteiger partial charge >= 0.3 is 0 Å². The summed E-state index contributed by atoms with van der Waals surface area (Å²) in [5.74, 6) is 0.575. The van der Waals surface area contributed by atoms with Gasteiger partial charge in [0.1, 0.15) is 0 Å². The standard InChI is InChI=1S/C9H10.C2H5NO.C2H6/c1-2-4-8(5-3-1)9-6-7-9;1-2(3)4;1-2/h1-5,9H,6-7H2;1H3,(H2,3,4);1-2H3. The quantitative estimate of drug-likeness (QED) is 0.755. The van der Waals surface area contributed by atoms with Crippen LogP contribution >= 0.6 is 0 Å². The minimum Gasteiger partial charge on any atom is -0.370 e. The van der Waals surface area contributed by atoms with Crippen LogP contribution in [-0.4, -0.2) is 5.91 Å². The molecule has 2 heteroatoms.